The first kappa shape index (κ1) is 14.6. The maximum Gasteiger partial charge on any atom is 0.225 e. The SMILES string of the molecule is N#C[C@@]1(c2ccc3c(NO)ncnn23)O[C@H](CO)[C@@H](O)[C@H]1O. The number of hydrogen-bond donors (Lipinski definition) is 5. The molecular formula is C12H13N5O5. The molecule has 4 atom stereocenters. The lowest BCUT2D eigenvalue weighted by Crippen LogP contribution is -2.40. The maximum atomic E-state index is 10.2. The van der Waals surface area contributed by atoms with E-state index in [9.17, 15) is 20.6 Å². The lowest BCUT2D eigenvalue weighted by Gasteiger charge is -2.24. The molecule has 10 heteroatoms. The van der Waals surface area contributed by atoms with Gasteiger partial charge in [-0.3, -0.25) is 10.7 Å². The van der Waals surface area contributed by atoms with Gasteiger partial charge in [0.15, 0.2) is 5.82 Å². The lowest BCUT2D eigenvalue weighted by atomic mass is 9.92. The molecule has 2 aromatic heterocycles. The zero-order valence-corrected chi connectivity index (χ0v) is 11.2. The molecular weight excluding hydrogens is 294 g/mol. The summed E-state index contributed by atoms with van der Waals surface area (Å²) in [7, 11) is 0. The number of aromatic nitrogens is 3. The molecule has 10 nitrogen and oxygen atoms in total. The van der Waals surface area contributed by atoms with Gasteiger partial charge < -0.3 is 20.1 Å². The van der Waals surface area contributed by atoms with E-state index in [4.69, 9.17) is 9.94 Å². The predicted octanol–water partition coefficient (Wildman–Crippen LogP) is -1.64. The zero-order valence-electron chi connectivity index (χ0n) is 11.2. The van der Waals surface area contributed by atoms with Crippen molar-refractivity contribution in [3.8, 4) is 6.07 Å². The molecule has 0 bridgehead atoms. The molecule has 22 heavy (non-hydrogen) atoms. The summed E-state index contributed by atoms with van der Waals surface area (Å²) < 4.78 is 6.68. The highest BCUT2D eigenvalue weighted by molar-refractivity contribution is 5.67. The minimum Gasteiger partial charge on any atom is -0.394 e. The molecule has 0 spiro atoms. The number of aliphatic hydroxyl groups is 3. The van der Waals surface area contributed by atoms with Gasteiger partial charge >= 0.3 is 0 Å². The van der Waals surface area contributed by atoms with Gasteiger partial charge in [0.1, 0.15) is 36.2 Å². The second-order valence-corrected chi connectivity index (χ2v) is 4.86. The second kappa shape index (κ2) is 5.16. The Morgan fingerprint density at radius 2 is 2.23 bits per heavy atom. The highest BCUT2D eigenvalue weighted by atomic mass is 16.6. The fourth-order valence-electron chi connectivity index (χ4n) is 2.63. The molecule has 1 aliphatic heterocycles. The molecule has 1 aliphatic rings. The monoisotopic (exact) mass is 307 g/mol. The van der Waals surface area contributed by atoms with E-state index in [0.717, 1.165) is 6.33 Å². The van der Waals surface area contributed by atoms with Crippen molar-refractivity contribution in [1.82, 2.24) is 14.6 Å². The first-order valence-electron chi connectivity index (χ1n) is 6.38. The fraction of sp³-hybridized carbons (Fsp3) is 0.417. The van der Waals surface area contributed by atoms with Gasteiger partial charge in [-0.2, -0.15) is 10.4 Å². The van der Waals surface area contributed by atoms with Gasteiger partial charge in [-0.1, -0.05) is 0 Å². The van der Waals surface area contributed by atoms with Crippen molar-refractivity contribution in [3.63, 3.8) is 0 Å². The average molecular weight is 307 g/mol. The van der Waals surface area contributed by atoms with Gasteiger partial charge in [-0.25, -0.2) is 9.50 Å². The lowest BCUT2D eigenvalue weighted by molar-refractivity contribution is -0.0643. The number of nitriles is 1. The van der Waals surface area contributed by atoms with E-state index in [1.807, 2.05) is 11.5 Å². The Kier molecular flexibility index (Phi) is 3.44. The molecule has 0 aliphatic carbocycles. The van der Waals surface area contributed by atoms with Gasteiger partial charge in [-0.05, 0) is 12.1 Å². The Labute approximate surface area is 123 Å². The number of aliphatic hydroxyl groups excluding tert-OH is 3. The standard InChI is InChI=1S/C12H13N5O5/c13-4-12(10(20)9(19)7(3-18)22-12)8-2-1-6-11(16-21)14-5-15-17(6)8/h1-2,5,7,9-10,18-21H,3H2,(H,14,15,16)/t7-,9-,10-,12+/m1/s1. The molecule has 0 aromatic carbocycles. The molecule has 0 unspecified atom stereocenters. The Balaban J connectivity index is 2.19. The molecule has 2 aromatic rings. The van der Waals surface area contributed by atoms with Gasteiger partial charge in [0, 0.05) is 0 Å². The van der Waals surface area contributed by atoms with Crippen molar-refractivity contribution in [3.05, 3.63) is 24.2 Å². The molecule has 3 heterocycles. The van der Waals surface area contributed by atoms with Gasteiger partial charge in [0.05, 0.1) is 12.3 Å². The Bertz CT molecular complexity index is 743. The minimum absolute atomic E-state index is 0.0982. The third-order valence-corrected chi connectivity index (χ3v) is 3.74. The van der Waals surface area contributed by atoms with Crippen molar-refractivity contribution in [1.29, 1.82) is 5.26 Å². The quantitative estimate of drug-likeness (QED) is 0.420. The van der Waals surface area contributed by atoms with Crippen LogP contribution in [0.2, 0.25) is 0 Å². The topological polar surface area (TPSA) is 156 Å². The van der Waals surface area contributed by atoms with Crippen LogP contribution in [0.3, 0.4) is 0 Å². The van der Waals surface area contributed by atoms with Crippen molar-refractivity contribution in [2.75, 3.05) is 12.1 Å². The zero-order chi connectivity index (χ0) is 15.9. The van der Waals surface area contributed by atoms with E-state index >= 15 is 0 Å². The van der Waals surface area contributed by atoms with E-state index < -0.39 is 30.5 Å². The first-order chi connectivity index (χ1) is 10.6. The number of ether oxygens (including phenoxy) is 1. The van der Waals surface area contributed by atoms with Crippen LogP contribution < -0.4 is 5.48 Å². The van der Waals surface area contributed by atoms with Crippen LogP contribution in [-0.4, -0.2) is 60.0 Å². The third-order valence-electron chi connectivity index (χ3n) is 3.74. The van der Waals surface area contributed by atoms with Crippen LogP contribution in [0.5, 0.6) is 0 Å². The molecule has 3 rings (SSSR count). The van der Waals surface area contributed by atoms with Crippen molar-refractivity contribution >= 4 is 11.3 Å². The Morgan fingerprint density at radius 1 is 1.45 bits per heavy atom. The van der Waals surface area contributed by atoms with E-state index in [1.165, 1.54) is 16.6 Å². The molecule has 0 radical (unpaired) electrons. The van der Waals surface area contributed by atoms with Gasteiger partial charge in [-0.15, -0.1) is 0 Å². The van der Waals surface area contributed by atoms with E-state index in [2.05, 4.69) is 10.1 Å². The van der Waals surface area contributed by atoms with Crippen LogP contribution >= 0.6 is 0 Å². The summed E-state index contributed by atoms with van der Waals surface area (Å²) in [6.07, 6.45) is -2.96. The maximum absolute atomic E-state index is 10.2. The summed E-state index contributed by atoms with van der Waals surface area (Å²) in [6.45, 7) is -0.552. The molecule has 1 saturated heterocycles. The number of anilines is 1. The van der Waals surface area contributed by atoms with E-state index in [0.29, 0.717) is 5.52 Å². The third kappa shape index (κ3) is 1.78. The highest BCUT2D eigenvalue weighted by Gasteiger charge is 2.57. The predicted molar refractivity (Wildman–Crippen MR) is 69.7 cm³/mol. The van der Waals surface area contributed by atoms with E-state index in [1.54, 1.807) is 0 Å². The second-order valence-electron chi connectivity index (χ2n) is 4.86. The summed E-state index contributed by atoms with van der Waals surface area (Å²) in [5, 5.41) is 51.9. The molecule has 5 N–H and O–H groups in total. The van der Waals surface area contributed by atoms with Crippen LogP contribution in [0.4, 0.5) is 5.82 Å². The summed E-state index contributed by atoms with van der Waals surface area (Å²) >= 11 is 0. The number of nitrogens with zero attached hydrogens (tertiary/aromatic N) is 4. The van der Waals surface area contributed by atoms with Crippen LogP contribution in [0.15, 0.2) is 18.5 Å². The van der Waals surface area contributed by atoms with Crippen LogP contribution in [0.1, 0.15) is 5.69 Å². The Morgan fingerprint density at radius 3 is 2.82 bits per heavy atom. The number of nitrogens with one attached hydrogen (secondary N) is 1. The first-order valence-corrected chi connectivity index (χ1v) is 6.38. The van der Waals surface area contributed by atoms with Crippen LogP contribution in [-0.2, 0) is 10.3 Å². The number of rotatable bonds is 3. The van der Waals surface area contributed by atoms with Crippen LogP contribution in [0.25, 0.3) is 5.52 Å². The summed E-state index contributed by atoms with van der Waals surface area (Å²) in [6, 6.07) is 4.82. The fourth-order valence-corrected chi connectivity index (χ4v) is 2.63. The van der Waals surface area contributed by atoms with E-state index in [-0.39, 0.29) is 11.5 Å². The summed E-state index contributed by atoms with van der Waals surface area (Å²) in [4.78, 5) is 3.81. The van der Waals surface area contributed by atoms with Crippen molar-refractivity contribution < 1.29 is 25.3 Å². The number of fused-ring (bicyclic) bond motifs is 1. The van der Waals surface area contributed by atoms with Crippen molar-refractivity contribution in [2.24, 2.45) is 0 Å². The van der Waals surface area contributed by atoms with Gasteiger partial charge in [0.25, 0.3) is 0 Å². The van der Waals surface area contributed by atoms with Gasteiger partial charge in [0.2, 0.25) is 5.60 Å². The minimum atomic E-state index is -1.90. The molecule has 1 fully saturated rings. The molecule has 116 valence electrons. The normalized spacial score (nSPS) is 31.3. The Hall–Kier alpha value is -2.29. The highest BCUT2D eigenvalue weighted by Crippen LogP contribution is 2.40. The summed E-state index contributed by atoms with van der Waals surface area (Å²) in [5.74, 6) is 0.0982. The summed E-state index contributed by atoms with van der Waals surface area (Å²) in [5.41, 5.74) is 0.479. The van der Waals surface area contributed by atoms with Crippen molar-refractivity contribution in [2.45, 2.75) is 23.9 Å². The smallest absolute Gasteiger partial charge is 0.225 e. The molecule has 0 saturated carbocycles. The van der Waals surface area contributed by atoms with Crippen LogP contribution in [0, 0.1) is 11.3 Å². The number of hydrogen-bond acceptors (Lipinski definition) is 9. The average Bonchev–Trinajstić information content (AvgIpc) is 3.09. The largest absolute Gasteiger partial charge is 0.394 e. The molecule has 0 amide bonds.